The van der Waals surface area contributed by atoms with Crippen LogP contribution in [0.2, 0.25) is 5.02 Å². The second-order valence-corrected chi connectivity index (χ2v) is 6.02. The van der Waals surface area contributed by atoms with Crippen molar-refractivity contribution >= 4 is 22.6 Å². The largest absolute Gasteiger partial charge is 0.489 e. The molecule has 0 aliphatic rings. The van der Waals surface area contributed by atoms with Crippen molar-refractivity contribution in [1.82, 2.24) is 9.97 Å². The minimum Gasteiger partial charge on any atom is -0.489 e. The normalized spacial score (nSPS) is 11.0. The lowest BCUT2D eigenvalue weighted by molar-refractivity contribution is 0.300. The number of nitrogens with zero attached hydrogens (tertiary/aromatic N) is 1. The number of fused-ring (bicyclic) bond motifs is 1. The molecule has 5 heteroatoms. The maximum atomic E-state index is 13.8. The zero-order valence-electron chi connectivity index (χ0n) is 13.2. The fraction of sp³-hybridized carbons (Fsp3) is 0.0500. The molecule has 0 aliphatic heterocycles. The first-order valence-corrected chi connectivity index (χ1v) is 8.19. The lowest BCUT2D eigenvalue weighted by Gasteiger charge is -2.09. The van der Waals surface area contributed by atoms with Crippen LogP contribution in [-0.4, -0.2) is 9.97 Å². The van der Waals surface area contributed by atoms with E-state index in [-0.39, 0.29) is 12.4 Å². The Balaban J connectivity index is 1.52. The number of para-hydroxylation sites is 2. The third kappa shape index (κ3) is 3.21. The van der Waals surface area contributed by atoms with Gasteiger partial charge in [0.05, 0.1) is 16.1 Å². The van der Waals surface area contributed by atoms with Gasteiger partial charge >= 0.3 is 0 Å². The second kappa shape index (κ2) is 6.57. The molecule has 0 spiro atoms. The average Bonchev–Trinajstić information content (AvgIpc) is 3.06. The zero-order valence-corrected chi connectivity index (χ0v) is 13.9. The van der Waals surface area contributed by atoms with Gasteiger partial charge in [0.1, 0.15) is 24.0 Å². The number of aromatic amines is 1. The highest BCUT2D eigenvalue weighted by Crippen LogP contribution is 2.25. The molecule has 4 rings (SSSR count). The van der Waals surface area contributed by atoms with Gasteiger partial charge in [-0.25, -0.2) is 9.37 Å². The predicted octanol–water partition coefficient (Wildman–Crippen LogP) is 5.60. The van der Waals surface area contributed by atoms with E-state index in [2.05, 4.69) is 9.97 Å². The van der Waals surface area contributed by atoms with E-state index < -0.39 is 0 Å². The van der Waals surface area contributed by atoms with E-state index in [4.69, 9.17) is 16.3 Å². The molecular formula is C20H14ClFN2O. The Morgan fingerprint density at radius 1 is 0.960 bits per heavy atom. The highest BCUT2D eigenvalue weighted by molar-refractivity contribution is 6.31. The molecule has 3 aromatic carbocycles. The van der Waals surface area contributed by atoms with Gasteiger partial charge in [0.2, 0.25) is 0 Å². The van der Waals surface area contributed by atoms with Crippen LogP contribution in [0.25, 0.3) is 22.4 Å². The molecule has 4 aromatic rings. The summed E-state index contributed by atoms with van der Waals surface area (Å²) >= 11 is 6.01. The number of hydrogen-bond acceptors (Lipinski definition) is 2. The maximum Gasteiger partial charge on any atom is 0.138 e. The van der Waals surface area contributed by atoms with Crippen molar-refractivity contribution < 1.29 is 9.13 Å². The van der Waals surface area contributed by atoms with Crippen LogP contribution in [0.15, 0.2) is 66.7 Å². The first-order chi connectivity index (χ1) is 12.2. The third-order valence-electron chi connectivity index (χ3n) is 3.96. The molecular weight excluding hydrogens is 339 g/mol. The average molecular weight is 353 g/mol. The molecule has 0 bridgehead atoms. The highest BCUT2D eigenvalue weighted by atomic mass is 35.5. The van der Waals surface area contributed by atoms with Gasteiger partial charge in [-0.15, -0.1) is 0 Å². The van der Waals surface area contributed by atoms with Gasteiger partial charge in [-0.1, -0.05) is 29.8 Å². The SMILES string of the molecule is Fc1cccc(Cl)c1COc1ccc(-c2nc3ccccc3[nH]2)cc1. The molecule has 0 saturated heterocycles. The van der Waals surface area contributed by atoms with Crippen molar-refractivity contribution in [2.45, 2.75) is 6.61 Å². The zero-order chi connectivity index (χ0) is 17.2. The van der Waals surface area contributed by atoms with Crippen LogP contribution in [0.5, 0.6) is 5.75 Å². The molecule has 3 nitrogen and oxygen atoms in total. The van der Waals surface area contributed by atoms with Crippen molar-refractivity contribution in [3.8, 4) is 17.1 Å². The van der Waals surface area contributed by atoms with E-state index in [1.165, 1.54) is 6.07 Å². The topological polar surface area (TPSA) is 37.9 Å². The van der Waals surface area contributed by atoms with Crippen LogP contribution >= 0.6 is 11.6 Å². The van der Waals surface area contributed by atoms with Crippen molar-refractivity contribution in [3.63, 3.8) is 0 Å². The summed E-state index contributed by atoms with van der Waals surface area (Å²) in [5.41, 5.74) is 3.22. The molecule has 1 N–H and O–H groups in total. The van der Waals surface area contributed by atoms with Crippen molar-refractivity contribution in [2.24, 2.45) is 0 Å². The van der Waals surface area contributed by atoms with Crippen LogP contribution in [0.3, 0.4) is 0 Å². The summed E-state index contributed by atoms with van der Waals surface area (Å²) in [7, 11) is 0. The summed E-state index contributed by atoms with van der Waals surface area (Å²) in [4.78, 5) is 7.85. The van der Waals surface area contributed by atoms with Crippen LogP contribution in [0, 0.1) is 5.82 Å². The maximum absolute atomic E-state index is 13.8. The van der Waals surface area contributed by atoms with E-state index in [1.54, 1.807) is 12.1 Å². The first kappa shape index (κ1) is 15.7. The fourth-order valence-corrected chi connectivity index (χ4v) is 2.84. The van der Waals surface area contributed by atoms with Crippen LogP contribution in [-0.2, 0) is 6.61 Å². The summed E-state index contributed by atoms with van der Waals surface area (Å²) in [6.07, 6.45) is 0. The molecule has 0 aliphatic carbocycles. The lowest BCUT2D eigenvalue weighted by Crippen LogP contribution is -1.99. The molecule has 0 amide bonds. The molecule has 124 valence electrons. The second-order valence-electron chi connectivity index (χ2n) is 5.62. The summed E-state index contributed by atoms with van der Waals surface area (Å²) in [5.74, 6) is 1.07. The lowest BCUT2D eigenvalue weighted by atomic mass is 10.2. The standard InChI is InChI=1S/C20H14ClFN2O/c21-16-4-3-5-17(22)15(16)12-25-14-10-8-13(9-11-14)20-23-18-6-1-2-7-19(18)24-20/h1-11H,12H2,(H,23,24). The summed E-state index contributed by atoms with van der Waals surface area (Å²) < 4.78 is 19.4. The van der Waals surface area contributed by atoms with E-state index in [0.29, 0.717) is 16.3 Å². The minimum atomic E-state index is -0.369. The summed E-state index contributed by atoms with van der Waals surface area (Å²) in [6, 6.07) is 20.0. The Bertz CT molecular complexity index is 974. The quantitative estimate of drug-likeness (QED) is 0.519. The number of aromatic nitrogens is 2. The Morgan fingerprint density at radius 2 is 1.76 bits per heavy atom. The Morgan fingerprint density at radius 3 is 2.52 bits per heavy atom. The van der Waals surface area contributed by atoms with Crippen LogP contribution in [0.1, 0.15) is 5.56 Å². The van der Waals surface area contributed by atoms with Crippen molar-refractivity contribution in [1.29, 1.82) is 0 Å². The minimum absolute atomic E-state index is 0.0789. The first-order valence-electron chi connectivity index (χ1n) is 7.81. The molecule has 0 fully saturated rings. The number of rotatable bonds is 4. The molecule has 0 unspecified atom stereocenters. The monoisotopic (exact) mass is 352 g/mol. The van der Waals surface area contributed by atoms with Gasteiger partial charge in [0.15, 0.2) is 0 Å². The molecule has 1 heterocycles. The highest BCUT2D eigenvalue weighted by Gasteiger charge is 2.08. The number of nitrogens with one attached hydrogen (secondary N) is 1. The van der Waals surface area contributed by atoms with Crippen molar-refractivity contribution in [2.75, 3.05) is 0 Å². The fourth-order valence-electron chi connectivity index (χ4n) is 2.62. The van der Waals surface area contributed by atoms with Gasteiger partial charge in [-0.2, -0.15) is 0 Å². The van der Waals surface area contributed by atoms with Gasteiger partial charge in [-0.3, -0.25) is 0 Å². The molecule has 1 aromatic heterocycles. The van der Waals surface area contributed by atoms with Crippen LogP contribution < -0.4 is 4.74 Å². The van der Waals surface area contributed by atoms with E-state index in [1.807, 2.05) is 48.5 Å². The smallest absolute Gasteiger partial charge is 0.138 e. The van der Waals surface area contributed by atoms with E-state index in [9.17, 15) is 4.39 Å². The number of imidazole rings is 1. The van der Waals surface area contributed by atoms with Gasteiger partial charge in [0, 0.05) is 11.1 Å². The molecule has 0 saturated carbocycles. The van der Waals surface area contributed by atoms with Gasteiger partial charge < -0.3 is 9.72 Å². The van der Waals surface area contributed by atoms with Crippen molar-refractivity contribution in [3.05, 3.63) is 83.1 Å². The number of hydrogen-bond donors (Lipinski definition) is 1. The third-order valence-corrected chi connectivity index (χ3v) is 4.32. The van der Waals surface area contributed by atoms with Gasteiger partial charge in [0.25, 0.3) is 0 Å². The summed E-state index contributed by atoms with van der Waals surface area (Å²) in [6.45, 7) is 0.0789. The number of benzene rings is 3. The Labute approximate surface area is 149 Å². The number of H-pyrrole nitrogens is 1. The molecule has 25 heavy (non-hydrogen) atoms. The Hall–Kier alpha value is -2.85. The Kier molecular flexibility index (Phi) is 4.12. The predicted molar refractivity (Wildman–Crippen MR) is 97.3 cm³/mol. The summed E-state index contributed by atoms with van der Waals surface area (Å²) in [5, 5.41) is 0.360. The molecule has 0 radical (unpaired) electrons. The number of halogens is 2. The van der Waals surface area contributed by atoms with E-state index in [0.717, 1.165) is 22.4 Å². The number of ether oxygens (including phenoxy) is 1. The molecule has 0 atom stereocenters. The van der Waals surface area contributed by atoms with Crippen LogP contribution in [0.4, 0.5) is 4.39 Å². The van der Waals surface area contributed by atoms with Gasteiger partial charge in [-0.05, 0) is 48.5 Å². The van der Waals surface area contributed by atoms with E-state index >= 15 is 0 Å².